The number of hydrogen-bond donors (Lipinski definition) is 1. The molecule has 2 heterocycles. The van der Waals surface area contributed by atoms with E-state index < -0.39 is 6.04 Å². The Kier molecular flexibility index (Phi) is 7.21. The molecule has 3 atom stereocenters. The number of hydrogen-bond acceptors (Lipinski definition) is 4. The molecule has 1 aromatic rings. The molecule has 2 fully saturated rings. The van der Waals surface area contributed by atoms with Crippen LogP contribution in [0.3, 0.4) is 0 Å². The highest BCUT2D eigenvalue weighted by Gasteiger charge is 2.32. The standard InChI is InChI=1S/C21H31FN2O3/c1-15(2)12-19-14-18(6-9-27-19)23-21(25)20(24-7-10-26-11-8-24)16-4-3-5-17(22)13-16/h3-5,13,15,18-20H,6-12,14H2,1-2H3,(H,23,25)/t18-,19-,20+/m1/s1. The van der Waals surface area contributed by atoms with Crippen molar-refractivity contribution in [3.05, 3.63) is 35.6 Å². The Morgan fingerprint density at radius 3 is 2.78 bits per heavy atom. The molecule has 0 saturated carbocycles. The molecule has 2 saturated heterocycles. The van der Waals surface area contributed by atoms with E-state index in [1.807, 2.05) is 6.07 Å². The first-order valence-electron chi connectivity index (χ1n) is 10.0. The lowest BCUT2D eigenvalue weighted by Crippen LogP contribution is -2.50. The molecular formula is C21H31FN2O3. The predicted molar refractivity (Wildman–Crippen MR) is 102 cm³/mol. The summed E-state index contributed by atoms with van der Waals surface area (Å²) in [4.78, 5) is 15.3. The molecule has 150 valence electrons. The zero-order valence-corrected chi connectivity index (χ0v) is 16.3. The lowest BCUT2D eigenvalue weighted by molar-refractivity contribution is -0.130. The van der Waals surface area contributed by atoms with E-state index in [9.17, 15) is 9.18 Å². The van der Waals surface area contributed by atoms with E-state index in [4.69, 9.17) is 9.47 Å². The molecule has 0 unspecified atom stereocenters. The Labute approximate surface area is 161 Å². The summed E-state index contributed by atoms with van der Waals surface area (Å²) in [7, 11) is 0. The maximum absolute atomic E-state index is 13.8. The van der Waals surface area contributed by atoms with Crippen LogP contribution < -0.4 is 5.32 Å². The minimum absolute atomic E-state index is 0.0577. The van der Waals surface area contributed by atoms with Crippen LogP contribution in [-0.2, 0) is 14.3 Å². The van der Waals surface area contributed by atoms with Crippen LogP contribution in [0.1, 0.15) is 44.7 Å². The van der Waals surface area contributed by atoms with Gasteiger partial charge in [0.05, 0.1) is 19.3 Å². The van der Waals surface area contributed by atoms with Crippen molar-refractivity contribution >= 4 is 5.91 Å². The first-order valence-corrected chi connectivity index (χ1v) is 10.0. The van der Waals surface area contributed by atoms with Crippen molar-refractivity contribution in [2.75, 3.05) is 32.9 Å². The maximum Gasteiger partial charge on any atom is 0.242 e. The first kappa shape index (κ1) is 20.2. The zero-order valence-electron chi connectivity index (χ0n) is 16.3. The predicted octanol–water partition coefficient (Wildman–Crippen LogP) is 2.91. The fraction of sp³-hybridized carbons (Fsp3) is 0.667. The molecular weight excluding hydrogens is 347 g/mol. The summed E-state index contributed by atoms with van der Waals surface area (Å²) in [6.07, 6.45) is 2.85. The quantitative estimate of drug-likeness (QED) is 0.827. The van der Waals surface area contributed by atoms with Crippen LogP contribution in [0.5, 0.6) is 0 Å². The van der Waals surface area contributed by atoms with Crippen molar-refractivity contribution in [2.45, 2.75) is 51.3 Å². The molecule has 2 aliphatic rings. The second-order valence-corrected chi connectivity index (χ2v) is 7.96. The van der Waals surface area contributed by atoms with Crippen LogP contribution in [-0.4, -0.2) is 55.9 Å². The van der Waals surface area contributed by atoms with Gasteiger partial charge in [0.15, 0.2) is 0 Å². The number of rotatable bonds is 6. The third-order valence-electron chi connectivity index (χ3n) is 5.27. The second-order valence-electron chi connectivity index (χ2n) is 7.96. The van der Waals surface area contributed by atoms with Crippen LogP contribution in [0.2, 0.25) is 0 Å². The smallest absolute Gasteiger partial charge is 0.242 e. The summed E-state index contributed by atoms with van der Waals surface area (Å²) in [5.74, 6) is 0.192. The van der Waals surface area contributed by atoms with E-state index in [2.05, 4.69) is 24.1 Å². The van der Waals surface area contributed by atoms with Gasteiger partial charge < -0.3 is 14.8 Å². The molecule has 6 heteroatoms. The number of amides is 1. The molecule has 1 N–H and O–H groups in total. The van der Waals surface area contributed by atoms with Crippen molar-refractivity contribution in [2.24, 2.45) is 5.92 Å². The SMILES string of the molecule is CC(C)C[C@@H]1C[C@H](NC(=O)[C@H](c2cccc(F)c2)N2CCOCC2)CCO1. The topological polar surface area (TPSA) is 50.8 Å². The number of halogens is 1. The van der Waals surface area contributed by atoms with Gasteiger partial charge in [-0.3, -0.25) is 9.69 Å². The minimum atomic E-state index is -0.490. The van der Waals surface area contributed by atoms with E-state index in [-0.39, 0.29) is 23.9 Å². The van der Waals surface area contributed by atoms with Gasteiger partial charge in [0.25, 0.3) is 0 Å². The summed E-state index contributed by atoms with van der Waals surface area (Å²) in [5, 5.41) is 3.21. The highest BCUT2D eigenvalue weighted by molar-refractivity contribution is 5.83. The summed E-state index contributed by atoms with van der Waals surface area (Å²) in [6, 6.07) is 5.98. The third kappa shape index (κ3) is 5.74. The molecule has 1 aromatic carbocycles. The zero-order chi connectivity index (χ0) is 19.2. The number of nitrogens with one attached hydrogen (secondary N) is 1. The fourth-order valence-corrected chi connectivity index (χ4v) is 4.02. The highest BCUT2D eigenvalue weighted by atomic mass is 19.1. The van der Waals surface area contributed by atoms with Gasteiger partial charge in [0, 0.05) is 25.7 Å². The molecule has 1 amide bonds. The van der Waals surface area contributed by atoms with Gasteiger partial charge in [-0.05, 0) is 42.9 Å². The van der Waals surface area contributed by atoms with Crippen LogP contribution in [0, 0.1) is 11.7 Å². The van der Waals surface area contributed by atoms with Crippen molar-refractivity contribution in [3.8, 4) is 0 Å². The first-order chi connectivity index (χ1) is 13.0. The summed E-state index contributed by atoms with van der Waals surface area (Å²) < 4.78 is 25.1. The average molecular weight is 378 g/mol. The number of nitrogens with zero attached hydrogens (tertiary/aromatic N) is 1. The van der Waals surface area contributed by atoms with Gasteiger partial charge in [0.1, 0.15) is 11.9 Å². The van der Waals surface area contributed by atoms with E-state index in [1.165, 1.54) is 12.1 Å². The van der Waals surface area contributed by atoms with E-state index in [0.717, 1.165) is 19.3 Å². The number of benzene rings is 1. The van der Waals surface area contributed by atoms with Gasteiger partial charge in [0.2, 0.25) is 5.91 Å². The number of carbonyl (C=O) groups is 1. The number of carbonyl (C=O) groups excluding carboxylic acids is 1. The van der Waals surface area contributed by atoms with Gasteiger partial charge >= 0.3 is 0 Å². The Morgan fingerprint density at radius 2 is 2.07 bits per heavy atom. The van der Waals surface area contributed by atoms with Crippen LogP contribution in [0.15, 0.2) is 24.3 Å². The van der Waals surface area contributed by atoms with Crippen molar-refractivity contribution in [1.82, 2.24) is 10.2 Å². The highest BCUT2D eigenvalue weighted by Crippen LogP contribution is 2.25. The van der Waals surface area contributed by atoms with Gasteiger partial charge in [-0.15, -0.1) is 0 Å². The lowest BCUT2D eigenvalue weighted by atomic mass is 9.95. The normalized spacial score (nSPS) is 25.3. The molecule has 2 aliphatic heterocycles. The minimum Gasteiger partial charge on any atom is -0.379 e. The molecule has 0 aliphatic carbocycles. The monoisotopic (exact) mass is 378 g/mol. The Bertz CT molecular complexity index is 619. The van der Waals surface area contributed by atoms with Gasteiger partial charge in [-0.1, -0.05) is 26.0 Å². The third-order valence-corrected chi connectivity index (χ3v) is 5.27. The van der Waals surface area contributed by atoms with Crippen molar-refractivity contribution in [1.29, 1.82) is 0 Å². The van der Waals surface area contributed by atoms with Crippen LogP contribution >= 0.6 is 0 Å². The largest absolute Gasteiger partial charge is 0.379 e. The molecule has 0 spiro atoms. The van der Waals surface area contributed by atoms with Crippen molar-refractivity contribution in [3.63, 3.8) is 0 Å². The van der Waals surface area contributed by atoms with E-state index in [1.54, 1.807) is 6.07 Å². The molecule has 0 radical (unpaired) electrons. The molecule has 27 heavy (non-hydrogen) atoms. The number of morpholine rings is 1. The Hall–Kier alpha value is -1.50. The van der Waals surface area contributed by atoms with Crippen LogP contribution in [0.4, 0.5) is 4.39 Å². The summed E-state index contributed by atoms with van der Waals surface area (Å²) in [6.45, 7) is 7.55. The van der Waals surface area contributed by atoms with E-state index in [0.29, 0.717) is 44.4 Å². The van der Waals surface area contributed by atoms with Crippen molar-refractivity contribution < 1.29 is 18.7 Å². The lowest BCUT2D eigenvalue weighted by Gasteiger charge is -2.36. The molecule has 0 bridgehead atoms. The molecule has 0 aromatic heterocycles. The Morgan fingerprint density at radius 1 is 1.30 bits per heavy atom. The Balaban J connectivity index is 1.70. The average Bonchev–Trinajstić information content (AvgIpc) is 2.62. The van der Waals surface area contributed by atoms with Gasteiger partial charge in [-0.25, -0.2) is 4.39 Å². The molecule has 5 nitrogen and oxygen atoms in total. The van der Waals surface area contributed by atoms with E-state index >= 15 is 0 Å². The second kappa shape index (κ2) is 9.62. The molecule has 3 rings (SSSR count). The van der Waals surface area contributed by atoms with Crippen LogP contribution in [0.25, 0.3) is 0 Å². The summed E-state index contributed by atoms with van der Waals surface area (Å²) in [5.41, 5.74) is 0.695. The number of ether oxygens (including phenoxy) is 2. The summed E-state index contributed by atoms with van der Waals surface area (Å²) >= 11 is 0. The fourth-order valence-electron chi connectivity index (χ4n) is 4.02. The maximum atomic E-state index is 13.8. The van der Waals surface area contributed by atoms with Gasteiger partial charge in [-0.2, -0.15) is 0 Å².